The Morgan fingerprint density at radius 2 is 1.44 bits per heavy atom. The minimum absolute atomic E-state index is 0.143. The van der Waals surface area contributed by atoms with Gasteiger partial charge in [-0.15, -0.1) is 0 Å². The molecule has 0 saturated heterocycles. The van der Waals surface area contributed by atoms with E-state index in [1.54, 1.807) is 24.3 Å². The number of ether oxygens (including phenoxy) is 4. The Labute approximate surface area is 156 Å². The molecule has 0 aliphatic carbocycles. The van der Waals surface area contributed by atoms with E-state index in [0.29, 0.717) is 39.5 Å². The number of hydrogen-bond acceptors (Lipinski definition) is 6. The molecule has 0 radical (unpaired) electrons. The molecule has 138 valence electrons. The maximum atomic E-state index is 12.4. The Morgan fingerprint density at radius 3 is 2.04 bits per heavy atom. The first-order valence-electron chi connectivity index (χ1n) is 8.04. The molecule has 0 amide bonds. The van der Waals surface area contributed by atoms with Crippen molar-refractivity contribution in [3.63, 3.8) is 0 Å². The van der Waals surface area contributed by atoms with Crippen LogP contribution >= 0.6 is 0 Å². The normalized spacial score (nSPS) is 10.1. The second-order valence-electron chi connectivity index (χ2n) is 5.46. The molecule has 0 atom stereocenters. The molecule has 0 saturated carbocycles. The molecule has 1 heterocycles. The lowest BCUT2D eigenvalue weighted by atomic mass is 10.1. The summed E-state index contributed by atoms with van der Waals surface area (Å²) in [6.45, 7) is 0. The summed E-state index contributed by atoms with van der Waals surface area (Å²) in [6, 6.07) is 10.5. The first-order chi connectivity index (χ1) is 13.1. The summed E-state index contributed by atoms with van der Waals surface area (Å²) < 4.78 is 26.7. The highest BCUT2D eigenvalue weighted by atomic mass is 16.5. The van der Waals surface area contributed by atoms with E-state index in [9.17, 15) is 4.79 Å². The van der Waals surface area contributed by atoms with E-state index in [1.165, 1.54) is 28.4 Å². The van der Waals surface area contributed by atoms with Crippen LogP contribution in [0.4, 0.5) is 0 Å². The molecule has 6 heteroatoms. The minimum Gasteiger partial charge on any atom is -0.494 e. The maximum Gasteiger partial charge on any atom is 0.356 e. The lowest BCUT2D eigenvalue weighted by molar-refractivity contribution is 0.324. The van der Waals surface area contributed by atoms with Gasteiger partial charge in [-0.2, -0.15) is 0 Å². The standard InChI is InChI=1S/C21H18O6/c1-23-17-11-13(12-18(24-2)20(17)26-4)9-10-15-19(25-3)14-7-5-6-8-16(14)27-21(15)22/h5-8,11-12H,1-4H3. The third-order valence-electron chi connectivity index (χ3n) is 3.97. The number of benzene rings is 2. The molecule has 0 bridgehead atoms. The summed E-state index contributed by atoms with van der Waals surface area (Å²) in [7, 11) is 6.06. The van der Waals surface area contributed by atoms with Gasteiger partial charge in [0.25, 0.3) is 0 Å². The average Bonchev–Trinajstić information content (AvgIpc) is 2.70. The molecule has 3 rings (SSSR count). The largest absolute Gasteiger partial charge is 0.494 e. The number of hydrogen-bond donors (Lipinski definition) is 0. The van der Waals surface area contributed by atoms with Gasteiger partial charge in [-0.3, -0.25) is 0 Å². The molecule has 0 spiro atoms. The predicted molar refractivity (Wildman–Crippen MR) is 101 cm³/mol. The van der Waals surface area contributed by atoms with Gasteiger partial charge in [-0.05, 0) is 24.3 Å². The van der Waals surface area contributed by atoms with Gasteiger partial charge in [0.2, 0.25) is 5.75 Å². The lowest BCUT2D eigenvalue weighted by Gasteiger charge is -2.12. The smallest absolute Gasteiger partial charge is 0.356 e. The van der Waals surface area contributed by atoms with Gasteiger partial charge in [0.15, 0.2) is 22.8 Å². The maximum absolute atomic E-state index is 12.4. The van der Waals surface area contributed by atoms with Crippen molar-refractivity contribution in [3.8, 4) is 34.8 Å². The SMILES string of the molecule is COc1cc(C#Cc2c(OC)c3ccccc3oc2=O)cc(OC)c1OC. The molecule has 0 unspecified atom stereocenters. The molecule has 27 heavy (non-hydrogen) atoms. The summed E-state index contributed by atoms with van der Waals surface area (Å²) in [5.41, 5.74) is 0.604. The average molecular weight is 366 g/mol. The van der Waals surface area contributed by atoms with Crippen molar-refractivity contribution in [1.29, 1.82) is 0 Å². The van der Waals surface area contributed by atoms with Crippen molar-refractivity contribution in [2.45, 2.75) is 0 Å². The fraction of sp³-hybridized carbons (Fsp3) is 0.190. The van der Waals surface area contributed by atoms with Crippen molar-refractivity contribution in [1.82, 2.24) is 0 Å². The zero-order valence-corrected chi connectivity index (χ0v) is 15.4. The molecule has 3 aromatic rings. The van der Waals surface area contributed by atoms with Crippen LogP contribution in [0.15, 0.2) is 45.6 Å². The van der Waals surface area contributed by atoms with Crippen LogP contribution in [-0.4, -0.2) is 28.4 Å². The van der Waals surface area contributed by atoms with Crippen molar-refractivity contribution in [2.24, 2.45) is 0 Å². The Morgan fingerprint density at radius 1 is 0.815 bits per heavy atom. The van der Waals surface area contributed by atoms with Crippen LogP contribution in [-0.2, 0) is 0 Å². The zero-order valence-electron chi connectivity index (χ0n) is 15.4. The van der Waals surface area contributed by atoms with E-state index < -0.39 is 5.63 Å². The third-order valence-corrected chi connectivity index (χ3v) is 3.97. The molecule has 0 aliphatic rings. The van der Waals surface area contributed by atoms with E-state index in [1.807, 2.05) is 12.1 Å². The summed E-state index contributed by atoms with van der Waals surface area (Å²) >= 11 is 0. The van der Waals surface area contributed by atoms with Crippen molar-refractivity contribution in [2.75, 3.05) is 28.4 Å². The number of rotatable bonds is 4. The first-order valence-corrected chi connectivity index (χ1v) is 8.04. The molecule has 0 fully saturated rings. The van der Waals surface area contributed by atoms with E-state index >= 15 is 0 Å². The van der Waals surface area contributed by atoms with Crippen LogP contribution in [0.1, 0.15) is 11.1 Å². The Kier molecular flexibility index (Phi) is 5.23. The van der Waals surface area contributed by atoms with Gasteiger partial charge in [-0.1, -0.05) is 24.0 Å². The molecule has 6 nitrogen and oxygen atoms in total. The minimum atomic E-state index is -0.564. The Bertz CT molecular complexity index is 1080. The van der Waals surface area contributed by atoms with Gasteiger partial charge in [0.05, 0.1) is 33.8 Å². The Balaban J connectivity index is 2.16. The van der Waals surface area contributed by atoms with Crippen LogP contribution in [0.2, 0.25) is 0 Å². The van der Waals surface area contributed by atoms with Gasteiger partial charge >= 0.3 is 5.63 Å². The Hall–Kier alpha value is -3.59. The van der Waals surface area contributed by atoms with Gasteiger partial charge in [0, 0.05) is 5.56 Å². The van der Waals surface area contributed by atoms with Crippen molar-refractivity contribution < 1.29 is 23.4 Å². The molecule has 1 aromatic heterocycles. The van der Waals surface area contributed by atoms with Crippen molar-refractivity contribution >= 4 is 11.0 Å². The lowest BCUT2D eigenvalue weighted by Crippen LogP contribution is -2.07. The van der Waals surface area contributed by atoms with Crippen LogP contribution in [0, 0.1) is 11.8 Å². The van der Waals surface area contributed by atoms with Gasteiger partial charge in [0.1, 0.15) is 5.58 Å². The van der Waals surface area contributed by atoms with E-state index in [-0.39, 0.29) is 5.56 Å². The van der Waals surface area contributed by atoms with E-state index in [4.69, 9.17) is 23.4 Å². The quantitative estimate of drug-likeness (QED) is 0.522. The van der Waals surface area contributed by atoms with Crippen LogP contribution in [0.25, 0.3) is 11.0 Å². The topological polar surface area (TPSA) is 67.1 Å². The summed E-state index contributed by atoms with van der Waals surface area (Å²) in [5, 5.41) is 0.675. The number of methoxy groups -OCH3 is 4. The van der Waals surface area contributed by atoms with E-state index in [2.05, 4.69) is 11.8 Å². The fourth-order valence-corrected chi connectivity index (χ4v) is 2.73. The number of para-hydroxylation sites is 1. The monoisotopic (exact) mass is 366 g/mol. The zero-order chi connectivity index (χ0) is 19.4. The molecular formula is C21H18O6. The predicted octanol–water partition coefficient (Wildman–Crippen LogP) is 3.23. The molecular weight excluding hydrogens is 348 g/mol. The van der Waals surface area contributed by atoms with Crippen LogP contribution in [0.5, 0.6) is 23.0 Å². The fourth-order valence-electron chi connectivity index (χ4n) is 2.73. The molecule has 0 N–H and O–H groups in total. The molecule has 2 aromatic carbocycles. The van der Waals surface area contributed by atoms with Crippen LogP contribution < -0.4 is 24.6 Å². The first kappa shape index (κ1) is 18.2. The highest BCUT2D eigenvalue weighted by molar-refractivity contribution is 5.85. The highest BCUT2D eigenvalue weighted by Gasteiger charge is 2.15. The second kappa shape index (κ2) is 7.75. The van der Waals surface area contributed by atoms with Crippen molar-refractivity contribution in [3.05, 3.63) is 57.9 Å². The van der Waals surface area contributed by atoms with Gasteiger partial charge < -0.3 is 23.4 Å². The summed E-state index contributed by atoms with van der Waals surface area (Å²) in [6.07, 6.45) is 0. The molecule has 0 aliphatic heterocycles. The number of fused-ring (bicyclic) bond motifs is 1. The second-order valence-corrected chi connectivity index (χ2v) is 5.46. The highest BCUT2D eigenvalue weighted by Crippen LogP contribution is 2.38. The summed E-state index contributed by atoms with van der Waals surface area (Å²) in [4.78, 5) is 12.4. The summed E-state index contributed by atoms with van der Waals surface area (Å²) in [5.74, 6) is 7.57. The van der Waals surface area contributed by atoms with Gasteiger partial charge in [-0.25, -0.2) is 4.79 Å². The van der Waals surface area contributed by atoms with Crippen LogP contribution in [0.3, 0.4) is 0 Å². The third kappa shape index (κ3) is 3.40. The van der Waals surface area contributed by atoms with E-state index in [0.717, 1.165) is 0 Å².